The van der Waals surface area contributed by atoms with Crippen molar-refractivity contribution in [1.82, 2.24) is 14.5 Å². The van der Waals surface area contributed by atoms with Gasteiger partial charge in [0, 0.05) is 38.6 Å². The van der Waals surface area contributed by atoms with Gasteiger partial charge in [0.05, 0.1) is 0 Å². The first-order valence-electron chi connectivity index (χ1n) is 9.20. The summed E-state index contributed by atoms with van der Waals surface area (Å²) >= 11 is 0. The van der Waals surface area contributed by atoms with Crippen molar-refractivity contribution in [2.45, 2.75) is 58.5 Å². The van der Waals surface area contributed by atoms with Gasteiger partial charge in [-0.25, -0.2) is 4.98 Å². The molecule has 1 aromatic heterocycles. The Labute approximate surface area is 145 Å². The third kappa shape index (κ3) is 4.69. The molecule has 1 aliphatic heterocycles. The first-order valence-corrected chi connectivity index (χ1v) is 9.20. The molecule has 1 aliphatic rings. The van der Waals surface area contributed by atoms with E-state index in [1.807, 2.05) is 28.8 Å². The highest BCUT2D eigenvalue weighted by atomic mass is 16.3. The number of rotatable bonds is 7. The van der Waals surface area contributed by atoms with E-state index in [0.717, 1.165) is 38.5 Å². The molecule has 134 valence electrons. The second-order valence-corrected chi connectivity index (χ2v) is 6.81. The number of aliphatic hydroxyl groups excluding tert-OH is 1. The Morgan fingerprint density at radius 1 is 1.33 bits per heavy atom. The summed E-state index contributed by atoms with van der Waals surface area (Å²) in [5.74, 6) is 1.02. The number of carbonyl (C=O) groups excluding carboxylic acids is 1. The number of allylic oxidation sites excluding steroid dienone is 1. The van der Waals surface area contributed by atoms with Crippen LogP contribution in [0, 0.1) is 5.92 Å². The molecule has 1 amide bonds. The molecule has 0 aliphatic carbocycles. The molecule has 1 unspecified atom stereocenters. The average molecular weight is 333 g/mol. The Hall–Kier alpha value is -1.62. The van der Waals surface area contributed by atoms with E-state index in [0.29, 0.717) is 18.9 Å². The number of amides is 1. The monoisotopic (exact) mass is 333 g/mol. The molecule has 1 atom stereocenters. The van der Waals surface area contributed by atoms with Crippen LogP contribution in [0.25, 0.3) is 0 Å². The fourth-order valence-corrected chi connectivity index (χ4v) is 3.49. The van der Waals surface area contributed by atoms with Gasteiger partial charge in [-0.2, -0.15) is 0 Å². The Morgan fingerprint density at radius 3 is 2.46 bits per heavy atom. The second-order valence-electron chi connectivity index (χ2n) is 6.81. The molecule has 5 nitrogen and oxygen atoms in total. The molecule has 1 N–H and O–H groups in total. The minimum absolute atomic E-state index is 0.136. The van der Waals surface area contributed by atoms with Crippen molar-refractivity contribution in [3.63, 3.8) is 0 Å². The first-order chi connectivity index (χ1) is 11.6. The van der Waals surface area contributed by atoms with Crippen LogP contribution in [0.2, 0.25) is 0 Å². The topological polar surface area (TPSA) is 58.4 Å². The molecule has 1 saturated heterocycles. The maximum Gasteiger partial charge on any atom is 0.246 e. The number of carbonyl (C=O) groups is 1. The van der Waals surface area contributed by atoms with Crippen molar-refractivity contribution in [3.8, 4) is 0 Å². The van der Waals surface area contributed by atoms with E-state index in [1.54, 1.807) is 6.20 Å². The summed E-state index contributed by atoms with van der Waals surface area (Å²) in [6.45, 7) is 5.73. The van der Waals surface area contributed by atoms with Crippen LogP contribution in [0.5, 0.6) is 0 Å². The molecule has 0 aromatic carbocycles. The third-order valence-electron chi connectivity index (χ3n) is 4.89. The number of nitrogens with zero attached hydrogens (tertiary/aromatic N) is 3. The molecule has 24 heavy (non-hydrogen) atoms. The number of piperidine rings is 1. The van der Waals surface area contributed by atoms with Crippen LogP contribution >= 0.6 is 0 Å². The molecule has 2 rings (SSSR count). The predicted octanol–water partition coefficient (Wildman–Crippen LogP) is 3.22. The van der Waals surface area contributed by atoms with Crippen LogP contribution in [0.15, 0.2) is 24.0 Å². The van der Waals surface area contributed by atoms with Crippen LogP contribution in [0.4, 0.5) is 0 Å². The van der Waals surface area contributed by atoms with Gasteiger partial charge in [-0.3, -0.25) is 4.79 Å². The van der Waals surface area contributed by atoms with Crippen LogP contribution in [-0.2, 0) is 11.8 Å². The highest BCUT2D eigenvalue weighted by Crippen LogP contribution is 2.30. The van der Waals surface area contributed by atoms with E-state index in [-0.39, 0.29) is 11.8 Å². The predicted molar refractivity (Wildman–Crippen MR) is 95.4 cm³/mol. The lowest BCUT2D eigenvalue weighted by Gasteiger charge is -2.33. The quantitative estimate of drug-likeness (QED) is 0.780. The Kier molecular flexibility index (Phi) is 7.03. The summed E-state index contributed by atoms with van der Waals surface area (Å²) in [5.41, 5.74) is 1.26. The minimum atomic E-state index is -0.548. The molecule has 5 heteroatoms. The molecule has 2 heterocycles. The van der Waals surface area contributed by atoms with Gasteiger partial charge >= 0.3 is 0 Å². The standard InChI is InChI=1S/C19H31N3O2/c1-4-6-15(7-5-2)14-17(23)22-11-8-16(9-12-22)18(24)19-20-10-13-21(19)3/h10,13-14,16,18,24H,4-9,11-12H2,1-3H3. The summed E-state index contributed by atoms with van der Waals surface area (Å²) < 4.78 is 1.87. The number of hydrogen-bond acceptors (Lipinski definition) is 3. The van der Waals surface area contributed by atoms with Crippen molar-refractivity contribution in [2.75, 3.05) is 13.1 Å². The Bertz CT molecular complexity index is 549. The van der Waals surface area contributed by atoms with Gasteiger partial charge in [-0.05, 0) is 31.6 Å². The second kappa shape index (κ2) is 9.02. The number of imidazole rings is 1. The summed E-state index contributed by atoms with van der Waals surface area (Å²) in [6.07, 6.45) is 10.7. The van der Waals surface area contributed by atoms with Crippen molar-refractivity contribution in [3.05, 3.63) is 29.9 Å². The molecule has 0 radical (unpaired) electrons. The van der Waals surface area contributed by atoms with Crippen molar-refractivity contribution in [1.29, 1.82) is 0 Å². The fraction of sp³-hybridized carbons (Fsp3) is 0.684. The molecular formula is C19H31N3O2. The highest BCUT2D eigenvalue weighted by Gasteiger charge is 2.29. The number of hydrogen-bond donors (Lipinski definition) is 1. The van der Waals surface area contributed by atoms with E-state index in [1.165, 1.54) is 5.57 Å². The zero-order chi connectivity index (χ0) is 17.5. The third-order valence-corrected chi connectivity index (χ3v) is 4.89. The van der Waals surface area contributed by atoms with E-state index >= 15 is 0 Å². The first kappa shape index (κ1) is 18.7. The van der Waals surface area contributed by atoms with E-state index in [4.69, 9.17) is 0 Å². The van der Waals surface area contributed by atoms with Gasteiger partial charge in [0.2, 0.25) is 5.91 Å². The minimum Gasteiger partial charge on any atom is -0.385 e. The smallest absolute Gasteiger partial charge is 0.246 e. The van der Waals surface area contributed by atoms with Gasteiger partial charge in [0.15, 0.2) is 0 Å². The lowest BCUT2D eigenvalue weighted by Crippen LogP contribution is -2.39. The van der Waals surface area contributed by atoms with Crippen LogP contribution in [0.3, 0.4) is 0 Å². The summed E-state index contributed by atoms with van der Waals surface area (Å²) in [5, 5.41) is 10.5. The van der Waals surface area contributed by atoms with Crippen LogP contribution in [-0.4, -0.2) is 38.6 Å². The van der Waals surface area contributed by atoms with Gasteiger partial charge in [0.25, 0.3) is 0 Å². The van der Waals surface area contributed by atoms with Gasteiger partial charge in [0.1, 0.15) is 11.9 Å². The zero-order valence-corrected chi connectivity index (χ0v) is 15.2. The zero-order valence-electron chi connectivity index (χ0n) is 15.2. The maximum absolute atomic E-state index is 12.5. The van der Waals surface area contributed by atoms with E-state index in [9.17, 15) is 9.90 Å². The fourth-order valence-electron chi connectivity index (χ4n) is 3.49. The molecule has 0 bridgehead atoms. The normalized spacial score (nSPS) is 16.9. The van der Waals surface area contributed by atoms with Gasteiger partial charge in [-0.1, -0.05) is 32.3 Å². The van der Waals surface area contributed by atoms with Crippen LogP contribution in [0.1, 0.15) is 64.3 Å². The Morgan fingerprint density at radius 2 is 1.96 bits per heavy atom. The molecule has 1 fully saturated rings. The van der Waals surface area contributed by atoms with Gasteiger partial charge < -0.3 is 14.6 Å². The van der Waals surface area contributed by atoms with Gasteiger partial charge in [-0.15, -0.1) is 0 Å². The summed E-state index contributed by atoms with van der Waals surface area (Å²) in [7, 11) is 1.90. The molecule has 0 saturated carbocycles. The largest absolute Gasteiger partial charge is 0.385 e. The average Bonchev–Trinajstić information content (AvgIpc) is 3.01. The lowest BCUT2D eigenvalue weighted by atomic mass is 9.90. The maximum atomic E-state index is 12.5. The Balaban J connectivity index is 1.91. The number of aliphatic hydroxyl groups is 1. The molecule has 1 aromatic rings. The summed E-state index contributed by atoms with van der Waals surface area (Å²) in [4.78, 5) is 18.7. The highest BCUT2D eigenvalue weighted by molar-refractivity contribution is 5.88. The van der Waals surface area contributed by atoms with Crippen molar-refractivity contribution < 1.29 is 9.90 Å². The van der Waals surface area contributed by atoms with Crippen LogP contribution < -0.4 is 0 Å². The molecular weight excluding hydrogens is 302 g/mol. The summed E-state index contributed by atoms with van der Waals surface area (Å²) in [6, 6.07) is 0. The van der Waals surface area contributed by atoms with Crippen molar-refractivity contribution >= 4 is 5.91 Å². The molecule has 0 spiro atoms. The number of aryl methyl sites for hydroxylation is 1. The van der Waals surface area contributed by atoms with E-state index < -0.39 is 6.10 Å². The number of likely N-dealkylation sites (tertiary alicyclic amines) is 1. The lowest BCUT2D eigenvalue weighted by molar-refractivity contribution is -0.128. The van der Waals surface area contributed by atoms with Crippen molar-refractivity contribution in [2.24, 2.45) is 13.0 Å². The SMILES string of the molecule is CCCC(=CC(=O)N1CCC(C(O)c2nccn2C)CC1)CCC. The number of aromatic nitrogens is 2. The van der Waals surface area contributed by atoms with E-state index in [2.05, 4.69) is 18.8 Å².